The maximum atomic E-state index is 12.8. The summed E-state index contributed by atoms with van der Waals surface area (Å²) in [5.74, 6) is -0.418. The van der Waals surface area contributed by atoms with Gasteiger partial charge in [0.1, 0.15) is 0 Å². The minimum absolute atomic E-state index is 0.0152. The predicted octanol–water partition coefficient (Wildman–Crippen LogP) is 3.61. The maximum Gasteiger partial charge on any atom is 0.337 e. The van der Waals surface area contributed by atoms with E-state index in [2.05, 4.69) is 30.0 Å². The van der Waals surface area contributed by atoms with E-state index in [-0.39, 0.29) is 5.91 Å². The zero-order valence-electron chi connectivity index (χ0n) is 16.6. The molecule has 150 valence electrons. The minimum Gasteiger partial charge on any atom is -0.465 e. The molecule has 1 amide bonds. The average molecular weight is 410 g/mol. The summed E-state index contributed by atoms with van der Waals surface area (Å²) >= 11 is 1.71. The molecule has 0 aliphatic carbocycles. The molecule has 1 aromatic heterocycles. The topological polar surface area (TPSA) is 62.7 Å². The van der Waals surface area contributed by atoms with Crippen molar-refractivity contribution < 1.29 is 14.3 Å². The molecule has 1 saturated heterocycles. The highest BCUT2D eigenvalue weighted by molar-refractivity contribution is 7.22. The summed E-state index contributed by atoms with van der Waals surface area (Å²) in [5.41, 5.74) is 3.39. The molecule has 0 saturated carbocycles. The summed E-state index contributed by atoms with van der Waals surface area (Å²) in [6.07, 6.45) is 0.970. The van der Waals surface area contributed by atoms with E-state index < -0.39 is 5.97 Å². The van der Waals surface area contributed by atoms with Crippen LogP contribution in [0.3, 0.4) is 0 Å². The Kier molecular flexibility index (Phi) is 5.49. The number of aryl methyl sites for hydroxylation is 1. The highest BCUT2D eigenvalue weighted by Crippen LogP contribution is 2.31. The van der Waals surface area contributed by atoms with Gasteiger partial charge in [-0.15, -0.1) is 0 Å². The lowest BCUT2D eigenvalue weighted by Gasteiger charge is -2.34. The van der Waals surface area contributed by atoms with Gasteiger partial charge in [0.25, 0.3) is 5.91 Å². The van der Waals surface area contributed by atoms with Crippen LogP contribution in [0.5, 0.6) is 0 Å². The second-order valence-corrected chi connectivity index (χ2v) is 7.97. The number of esters is 1. The van der Waals surface area contributed by atoms with Crippen LogP contribution in [0, 0.1) is 0 Å². The van der Waals surface area contributed by atoms with Crippen LogP contribution in [-0.4, -0.2) is 55.0 Å². The number of fused-ring (bicyclic) bond motifs is 1. The molecule has 1 fully saturated rings. The van der Waals surface area contributed by atoms with Crippen molar-refractivity contribution in [3.05, 3.63) is 59.2 Å². The summed E-state index contributed by atoms with van der Waals surface area (Å²) in [4.78, 5) is 33.3. The number of amides is 1. The van der Waals surface area contributed by atoms with Crippen molar-refractivity contribution in [1.82, 2.24) is 9.88 Å². The average Bonchev–Trinajstić information content (AvgIpc) is 3.23. The van der Waals surface area contributed by atoms with Crippen LogP contribution in [-0.2, 0) is 11.2 Å². The Hall–Kier alpha value is -2.93. The molecule has 0 N–H and O–H groups in total. The Morgan fingerprint density at radius 2 is 1.72 bits per heavy atom. The third kappa shape index (κ3) is 3.82. The van der Waals surface area contributed by atoms with Gasteiger partial charge in [-0.05, 0) is 42.3 Å². The Labute approximate surface area is 173 Å². The first-order valence-electron chi connectivity index (χ1n) is 9.71. The fourth-order valence-electron chi connectivity index (χ4n) is 3.56. The fraction of sp³-hybridized carbons (Fsp3) is 0.318. The summed E-state index contributed by atoms with van der Waals surface area (Å²) < 4.78 is 5.91. The van der Waals surface area contributed by atoms with Gasteiger partial charge in [0.2, 0.25) is 0 Å². The number of ether oxygens (including phenoxy) is 1. The highest BCUT2D eigenvalue weighted by atomic mass is 32.1. The standard InChI is InChI=1S/C22H23N3O3S/c1-3-15-5-4-6-18-19(15)23-22(29-18)25-13-11-24(12-14-25)20(26)16-7-9-17(10-8-16)21(27)28-2/h4-10H,3,11-14H2,1-2H3. The molecule has 6 nitrogen and oxygen atoms in total. The molecular weight excluding hydrogens is 386 g/mol. The van der Waals surface area contributed by atoms with Crippen LogP contribution in [0.25, 0.3) is 10.2 Å². The van der Waals surface area contributed by atoms with Crippen LogP contribution >= 0.6 is 11.3 Å². The van der Waals surface area contributed by atoms with Crippen molar-refractivity contribution in [2.45, 2.75) is 13.3 Å². The van der Waals surface area contributed by atoms with Crippen LogP contribution in [0.15, 0.2) is 42.5 Å². The number of piperazine rings is 1. The lowest BCUT2D eigenvalue weighted by atomic mass is 10.1. The van der Waals surface area contributed by atoms with Gasteiger partial charge in [0.15, 0.2) is 5.13 Å². The second-order valence-electron chi connectivity index (χ2n) is 6.96. The normalized spacial score (nSPS) is 14.3. The van der Waals surface area contributed by atoms with E-state index in [1.807, 2.05) is 4.90 Å². The van der Waals surface area contributed by atoms with E-state index in [1.54, 1.807) is 35.6 Å². The molecule has 4 rings (SSSR count). The third-order valence-corrected chi connectivity index (χ3v) is 6.34. The predicted molar refractivity (Wildman–Crippen MR) is 115 cm³/mol. The largest absolute Gasteiger partial charge is 0.465 e. The summed E-state index contributed by atoms with van der Waals surface area (Å²) in [6, 6.07) is 13.0. The summed E-state index contributed by atoms with van der Waals surface area (Å²) in [6.45, 7) is 4.96. The van der Waals surface area contributed by atoms with Crippen LogP contribution in [0.2, 0.25) is 0 Å². The highest BCUT2D eigenvalue weighted by Gasteiger charge is 2.24. The Morgan fingerprint density at radius 1 is 1.03 bits per heavy atom. The van der Waals surface area contributed by atoms with Gasteiger partial charge in [-0.3, -0.25) is 4.79 Å². The number of carbonyl (C=O) groups excluding carboxylic acids is 2. The van der Waals surface area contributed by atoms with Gasteiger partial charge >= 0.3 is 5.97 Å². The van der Waals surface area contributed by atoms with Gasteiger partial charge in [-0.25, -0.2) is 9.78 Å². The molecule has 2 heterocycles. The van der Waals surface area contributed by atoms with Gasteiger partial charge in [-0.1, -0.05) is 30.4 Å². The first kappa shape index (κ1) is 19.4. The van der Waals surface area contributed by atoms with Crippen molar-refractivity contribution in [2.24, 2.45) is 0 Å². The quantitative estimate of drug-likeness (QED) is 0.616. The molecule has 0 unspecified atom stereocenters. The van der Waals surface area contributed by atoms with Gasteiger partial charge in [-0.2, -0.15) is 0 Å². The molecule has 0 spiro atoms. The lowest BCUT2D eigenvalue weighted by Crippen LogP contribution is -2.48. The number of methoxy groups -OCH3 is 1. The molecular formula is C22H23N3O3S. The Morgan fingerprint density at radius 3 is 2.38 bits per heavy atom. The van der Waals surface area contributed by atoms with E-state index in [1.165, 1.54) is 17.4 Å². The number of hydrogen-bond acceptors (Lipinski definition) is 6. The number of hydrogen-bond donors (Lipinski definition) is 0. The van der Waals surface area contributed by atoms with Crippen LogP contribution in [0.4, 0.5) is 5.13 Å². The fourth-order valence-corrected chi connectivity index (χ4v) is 4.63. The maximum absolute atomic E-state index is 12.8. The van der Waals surface area contributed by atoms with E-state index in [0.29, 0.717) is 24.2 Å². The van der Waals surface area contributed by atoms with Crippen molar-refractivity contribution in [2.75, 3.05) is 38.2 Å². The lowest BCUT2D eigenvalue weighted by molar-refractivity contribution is 0.0599. The molecule has 0 radical (unpaired) electrons. The first-order chi connectivity index (χ1) is 14.1. The minimum atomic E-state index is -0.403. The molecule has 1 aliphatic heterocycles. The molecule has 2 aromatic carbocycles. The number of thiazole rings is 1. The smallest absolute Gasteiger partial charge is 0.337 e. The molecule has 3 aromatic rings. The van der Waals surface area contributed by atoms with Crippen molar-refractivity contribution in [1.29, 1.82) is 0 Å². The SMILES string of the molecule is CCc1cccc2sc(N3CCN(C(=O)c4ccc(C(=O)OC)cc4)CC3)nc12. The number of carbonyl (C=O) groups is 2. The molecule has 0 bridgehead atoms. The summed E-state index contributed by atoms with van der Waals surface area (Å²) in [5, 5.41) is 1.02. The number of aromatic nitrogens is 1. The number of rotatable bonds is 4. The molecule has 7 heteroatoms. The monoisotopic (exact) mass is 409 g/mol. The van der Waals surface area contributed by atoms with E-state index in [4.69, 9.17) is 9.72 Å². The number of anilines is 1. The summed E-state index contributed by atoms with van der Waals surface area (Å²) in [7, 11) is 1.34. The second kappa shape index (κ2) is 8.21. The first-order valence-corrected chi connectivity index (χ1v) is 10.5. The third-order valence-electron chi connectivity index (χ3n) is 5.26. The zero-order chi connectivity index (χ0) is 20.4. The van der Waals surface area contributed by atoms with Gasteiger partial charge in [0.05, 0.1) is 22.9 Å². The van der Waals surface area contributed by atoms with Crippen molar-refractivity contribution >= 4 is 38.6 Å². The van der Waals surface area contributed by atoms with Crippen LogP contribution < -0.4 is 4.90 Å². The number of para-hydroxylation sites is 1. The van der Waals surface area contributed by atoms with Gasteiger partial charge in [0, 0.05) is 31.7 Å². The van der Waals surface area contributed by atoms with Crippen LogP contribution in [0.1, 0.15) is 33.2 Å². The molecule has 29 heavy (non-hydrogen) atoms. The number of benzene rings is 2. The zero-order valence-corrected chi connectivity index (χ0v) is 17.4. The van der Waals surface area contributed by atoms with E-state index in [9.17, 15) is 9.59 Å². The van der Waals surface area contributed by atoms with E-state index in [0.717, 1.165) is 30.2 Å². The Balaban J connectivity index is 1.43. The van der Waals surface area contributed by atoms with Crippen molar-refractivity contribution in [3.63, 3.8) is 0 Å². The molecule has 0 atom stereocenters. The molecule has 1 aliphatic rings. The van der Waals surface area contributed by atoms with Crippen molar-refractivity contribution in [3.8, 4) is 0 Å². The van der Waals surface area contributed by atoms with E-state index >= 15 is 0 Å². The number of nitrogens with zero attached hydrogens (tertiary/aromatic N) is 3. The Bertz CT molecular complexity index is 1040. The van der Waals surface area contributed by atoms with Gasteiger partial charge < -0.3 is 14.5 Å².